The summed E-state index contributed by atoms with van der Waals surface area (Å²) in [7, 11) is 0. The minimum absolute atomic E-state index is 0.0193. The standard InChI is InChI=1S/C11H8F3NO4/c12-11(13,14)9(16)19-10(17)15-5-7-3-1-2-4-8(7)6-18-15/h1-4H,5-6H2. The Morgan fingerprint density at radius 3 is 2.47 bits per heavy atom. The predicted molar refractivity (Wildman–Crippen MR) is 54.3 cm³/mol. The largest absolute Gasteiger partial charge is 0.491 e. The second-order valence-corrected chi connectivity index (χ2v) is 3.73. The molecule has 0 fully saturated rings. The summed E-state index contributed by atoms with van der Waals surface area (Å²) < 4.78 is 39.5. The Bertz CT molecular complexity index is 515. The lowest BCUT2D eigenvalue weighted by Gasteiger charge is -2.26. The minimum Gasteiger partial charge on any atom is -0.368 e. The van der Waals surface area contributed by atoms with E-state index in [1.54, 1.807) is 24.3 Å². The molecular formula is C11H8F3NO4. The number of hydrogen-bond donors (Lipinski definition) is 0. The number of fused-ring (bicyclic) bond motifs is 1. The molecule has 1 aliphatic rings. The van der Waals surface area contributed by atoms with Crippen LogP contribution in [0.5, 0.6) is 0 Å². The number of alkyl halides is 3. The van der Waals surface area contributed by atoms with Crippen molar-refractivity contribution in [2.75, 3.05) is 0 Å². The smallest absolute Gasteiger partial charge is 0.368 e. The van der Waals surface area contributed by atoms with Crippen molar-refractivity contribution in [3.8, 4) is 0 Å². The highest BCUT2D eigenvalue weighted by atomic mass is 19.4. The molecule has 0 saturated heterocycles. The van der Waals surface area contributed by atoms with Gasteiger partial charge in [0.1, 0.15) is 6.61 Å². The van der Waals surface area contributed by atoms with Gasteiger partial charge < -0.3 is 4.74 Å². The van der Waals surface area contributed by atoms with Crippen LogP contribution in [0.1, 0.15) is 11.1 Å². The Labute approximate surface area is 105 Å². The van der Waals surface area contributed by atoms with Gasteiger partial charge in [0.2, 0.25) is 0 Å². The average molecular weight is 275 g/mol. The number of halogens is 3. The first-order chi connectivity index (χ1) is 8.88. The zero-order chi connectivity index (χ0) is 14.0. The Hall–Kier alpha value is -2.09. The third kappa shape index (κ3) is 3.02. The summed E-state index contributed by atoms with van der Waals surface area (Å²) in [4.78, 5) is 26.8. The molecule has 1 heterocycles. The monoisotopic (exact) mass is 275 g/mol. The fourth-order valence-corrected chi connectivity index (χ4v) is 1.51. The quantitative estimate of drug-likeness (QED) is 0.538. The normalized spacial score (nSPS) is 14.8. The van der Waals surface area contributed by atoms with Crippen molar-refractivity contribution in [3.05, 3.63) is 35.4 Å². The summed E-state index contributed by atoms with van der Waals surface area (Å²) in [6.45, 7) is -0.0639. The Morgan fingerprint density at radius 1 is 1.21 bits per heavy atom. The molecule has 5 nitrogen and oxygen atoms in total. The number of benzene rings is 1. The van der Waals surface area contributed by atoms with Gasteiger partial charge >= 0.3 is 18.2 Å². The predicted octanol–water partition coefficient (Wildman–Crippen LogP) is 2.16. The van der Waals surface area contributed by atoms with Gasteiger partial charge in [0.25, 0.3) is 0 Å². The zero-order valence-electron chi connectivity index (χ0n) is 9.44. The first-order valence-corrected chi connectivity index (χ1v) is 5.18. The third-order valence-electron chi connectivity index (χ3n) is 2.42. The van der Waals surface area contributed by atoms with Crippen molar-refractivity contribution in [3.63, 3.8) is 0 Å². The van der Waals surface area contributed by atoms with Crippen LogP contribution in [0.2, 0.25) is 0 Å². The fraction of sp³-hybridized carbons (Fsp3) is 0.273. The molecule has 0 atom stereocenters. The second kappa shape index (κ2) is 4.88. The highest BCUT2D eigenvalue weighted by molar-refractivity contribution is 5.87. The van der Waals surface area contributed by atoms with Gasteiger partial charge in [-0.2, -0.15) is 18.2 Å². The lowest BCUT2D eigenvalue weighted by Crippen LogP contribution is -2.38. The fourth-order valence-electron chi connectivity index (χ4n) is 1.51. The van der Waals surface area contributed by atoms with E-state index in [-0.39, 0.29) is 13.2 Å². The highest BCUT2D eigenvalue weighted by Gasteiger charge is 2.43. The van der Waals surface area contributed by atoms with Gasteiger partial charge in [0, 0.05) is 0 Å². The van der Waals surface area contributed by atoms with E-state index in [9.17, 15) is 22.8 Å². The van der Waals surface area contributed by atoms with E-state index in [0.717, 1.165) is 5.56 Å². The molecule has 0 N–H and O–H groups in total. The van der Waals surface area contributed by atoms with Crippen molar-refractivity contribution in [1.29, 1.82) is 0 Å². The molecule has 0 aromatic heterocycles. The number of carbonyl (C=O) groups is 2. The summed E-state index contributed by atoms with van der Waals surface area (Å²) in [5.74, 6) is -2.57. The van der Waals surface area contributed by atoms with E-state index in [2.05, 4.69) is 4.74 Å². The summed E-state index contributed by atoms with van der Waals surface area (Å²) >= 11 is 0. The number of amides is 1. The number of hydrogen-bond acceptors (Lipinski definition) is 4. The molecule has 0 spiro atoms. The van der Waals surface area contributed by atoms with Crippen molar-refractivity contribution < 1.29 is 32.3 Å². The summed E-state index contributed by atoms with van der Waals surface area (Å²) in [6, 6.07) is 6.94. The summed E-state index contributed by atoms with van der Waals surface area (Å²) in [5, 5.41) is 0.575. The lowest BCUT2D eigenvalue weighted by atomic mass is 10.1. The molecule has 1 aliphatic heterocycles. The molecule has 2 rings (SSSR count). The van der Waals surface area contributed by atoms with Crippen LogP contribution in [0, 0.1) is 0 Å². The van der Waals surface area contributed by atoms with Gasteiger partial charge in [0.15, 0.2) is 0 Å². The number of nitrogens with zero attached hydrogens (tertiary/aromatic N) is 1. The number of esters is 1. The van der Waals surface area contributed by atoms with E-state index in [1.807, 2.05) is 0 Å². The van der Waals surface area contributed by atoms with E-state index in [0.29, 0.717) is 10.6 Å². The van der Waals surface area contributed by atoms with Gasteiger partial charge in [-0.15, -0.1) is 0 Å². The molecule has 0 aliphatic carbocycles. The van der Waals surface area contributed by atoms with Crippen LogP contribution >= 0.6 is 0 Å². The molecule has 1 amide bonds. The van der Waals surface area contributed by atoms with Crippen molar-refractivity contribution in [2.24, 2.45) is 0 Å². The first kappa shape index (κ1) is 13.3. The maximum absolute atomic E-state index is 11.9. The van der Waals surface area contributed by atoms with Crippen LogP contribution in [0.3, 0.4) is 0 Å². The molecule has 0 bridgehead atoms. The number of hydroxylamine groups is 2. The maximum atomic E-state index is 11.9. The molecule has 1 aromatic carbocycles. The number of ether oxygens (including phenoxy) is 1. The van der Waals surface area contributed by atoms with Gasteiger partial charge in [-0.25, -0.2) is 9.59 Å². The van der Waals surface area contributed by atoms with Crippen LogP contribution in [0.4, 0.5) is 18.0 Å². The van der Waals surface area contributed by atoms with Crippen LogP contribution < -0.4 is 0 Å². The van der Waals surface area contributed by atoms with E-state index < -0.39 is 18.2 Å². The molecular weight excluding hydrogens is 267 g/mol. The Kier molecular flexibility index (Phi) is 3.43. The van der Waals surface area contributed by atoms with E-state index >= 15 is 0 Å². The summed E-state index contributed by atoms with van der Waals surface area (Å²) in [6.07, 6.45) is -6.71. The Balaban J connectivity index is 2.01. The molecule has 19 heavy (non-hydrogen) atoms. The minimum atomic E-state index is -5.22. The van der Waals surface area contributed by atoms with Crippen molar-refractivity contribution in [1.82, 2.24) is 5.06 Å². The number of rotatable bonds is 0. The molecule has 0 unspecified atom stereocenters. The Morgan fingerprint density at radius 2 is 1.84 bits per heavy atom. The van der Waals surface area contributed by atoms with Crippen molar-refractivity contribution in [2.45, 2.75) is 19.3 Å². The van der Waals surface area contributed by atoms with Crippen LogP contribution in [-0.4, -0.2) is 23.3 Å². The zero-order valence-corrected chi connectivity index (χ0v) is 9.44. The van der Waals surface area contributed by atoms with Gasteiger partial charge in [0.05, 0.1) is 6.54 Å². The third-order valence-corrected chi connectivity index (χ3v) is 2.42. The SMILES string of the molecule is O=C(OC(=O)C(F)(F)F)N1Cc2ccccc2CO1. The second-order valence-electron chi connectivity index (χ2n) is 3.73. The van der Waals surface area contributed by atoms with Gasteiger partial charge in [-0.3, -0.25) is 4.84 Å². The number of carbonyl (C=O) groups excluding carboxylic acids is 2. The van der Waals surface area contributed by atoms with Crippen LogP contribution in [0.25, 0.3) is 0 Å². The maximum Gasteiger partial charge on any atom is 0.491 e. The highest BCUT2D eigenvalue weighted by Crippen LogP contribution is 2.22. The molecule has 0 saturated carbocycles. The van der Waals surface area contributed by atoms with E-state index in [4.69, 9.17) is 4.84 Å². The molecule has 1 aromatic rings. The summed E-state index contributed by atoms with van der Waals surface area (Å²) in [5.41, 5.74) is 1.53. The van der Waals surface area contributed by atoms with Crippen molar-refractivity contribution >= 4 is 12.1 Å². The lowest BCUT2D eigenvalue weighted by molar-refractivity contribution is -0.204. The molecule has 102 valence electrons. The van der Waals surface area contributed by atoms with Gasteiger partial charge in [-0.1, -0.05) is 24.3 Å². The topological polar surface area (TPSA) is 55.8 Å². The molecule has 0 radical (unpaired) electrons. The van der Waals surface area contributed by atoms with E-state index in [1.165, 1.54) is 0 Å². The average Bonchev–Trinajstić information content (AvgIpc) is 2.37. The van der Waals surface area contributed by atoms with Gasteiger partial charge in [-0.05, 0) is 11.1 Å². The van der Waals surface area contributed by atoms with Crippen LogP contribution in [0.15, 0.2) is 24.3 Å². The van der Waals surface area contributed by atoms with Crippen LogP contribution in [-0.2, 0) is 27.5 Å². The molecule has 8 heteroatoms. The first-order valence-electron chi connectivity index (χ1n) is 5.18.